The van der Waals surface area contributed by atoms with Crippen LogP contribution in [0, 0.1) is 16.7 Å². The van der Waals surface area contributed by atoms with Crippen LogP contribution in [-0.2, 0) is 9.53 Å². The highest BCUT2D eigenvalue weighted by Crippen LogP contribution is 2.66. The van der Waals surface area contributed by atoms with Gasteiger partial charge in [-0.3, -0.25) is 4.79 Å². The summed E-state index contributed by atoms with van der Waals surface area (Å²) in [6.07, 6.45) is 6.23. The maximum absolute atomic E-state index is 11.5. The van der Waals surface area contributed by atoms with Gasteiger partial charge in [0.1, 0.15) is 5.54 Å². The molecule has 4 heteroatoms. The van der Waals surface area contributed by atoms with Gasteiger partial charge in [-0.1, -0.05) is 20.8 Å². The van der Waals surface area contributed by atoms with E-state index in [1.807, 2.05) is 0 Å². The highest BCUT2D eigenvalue weighted by molar-refractivity contribution is 5.79. The third-order valence-corrected chi connectivity index (χ3v) is 7.43. The Kier molecular flexibility index (Phi) is 3.42. The normalized spacial score (nSPS) is 47.9. The van der Waals surface area contributed by atoms with Crippen molar-refractivity contribution in [2.24, 2.45) is 16.7 Å². The van der Waals surface area contributed by atoms with Crippen molar-refractivity contribution in [2.45, 2.75) is 77.0 Å². The smallest absolute Gasteiger partial charge is 0.323 e. The molecule has 3 fully saturated rings. The van der Waals surface area contributed by atoms with Crippen LogP contribution >= 0.6 is 0 Å². The number of carboxylic acids is 1. The molecule has 3 saturated carbocycles. The van der Waals surface area contributed by atoms with E-state index in [0.717, 1.165) is 18.8 Å². The maximum Gasteiger partial charge on any atom is 0.323 e. The van der Waals surface area contributed by atoms with Crippen LogP contribution in [0.3, 0.4) is 0 Å². The third-order valence-electron chi connectivity index (χ3n) is 7.43. The molecule has 0 heterocycles. The number of aliphatic carboxylic acids is 1. The highest BCUT2D eigenvalue weighted by atomic mass is 16.5. The first-order chi connectivity index (χ1) is 9.75. The minimum atomic E-state index is -0.779. The Hall–Kier alpha value is -0.610. The number of ether oxygens (including phenoxy) is 1. The molecule has 0 aromatic rings. The fraction of sp³-hybridized carbons (Fsp3) is 0.941. The molecule has 2 N–H and O–H groups in total. The number of likely N-dealkylation sites (N-methyl/N-ethyl adjacent to an activating group) is 1. The molecule has 0 saturated heterocycles. The Morgan fingerprint density at radius 2 is 1.95 bits per heavy atom. The Bertz CT molecular complexity index is 449. The number of carboxylic acid groups (broad SMARTS) is 1. The van der Waals surface area contributed by atoms with E-state index in [4.69, 9.17) is 4.74 Å². The number of hydrogen-bond acceptors (Lipinski definition) is 3. The molecule has 0 aromatic carbocycles. The molecule has 4 nitrogen and oxygen atoms in total. The van der Waals surface area contributed by atoms with Crippen LogP contribution in [0.15, 0.2) is 0 Å². The maximum atomic E-state index is 11.5. The Balaban J connectivity index is 1.69. The lowest BCUT2D eigenvalue weighted by Crippen LogP contribution is -2.49. The summed E-state index contributed by atoms with van der Waals surface area (Å²) in [7, 11) is 1.75. The Morgan fingerprint density at radius 3 is 2.38 bits per heavy atom. The van der Waals surface area contributed by atoms with Crippen molar-refractivity contribution in [3.8, 4) is 0 Å². The van der Waals surface area contributed by atoms with E-state index in [1.165, 1.54) is 12.8 Å². The molecular weight excluding hydrogens is 266 g/mol. The second-order valence-electron chi connectivity index (χ2n) is 8.24. The van der Waals surface area contributed by atoms with Crippen molar-refractivity contribution in [1.82, 2.24) is 5.32 Å². The zero-order valence-electron chi connectivity index (χ0n) is 13.7. The van der Waals surface area contributed by atoms with Crippen LogP contribution in [0.25, 0.3) is 0 Å². The lowest BCUT2D eigenvalue weighted by molar-refractivity contribution is -0.145. The lowest BCUT2D eigenvalue weighted by Gasteiger charge is -2.40. The summed E-state index contributed by atoms with van der Waals surface area (Å²) >= 11 is 0. The molecule has 5 atom stereocenters. The van der Waals surface area contributed by atoms with Gasteiger partial charge in [0.25, 0.3) is 0 Å². The van der Waals surface area contributed by atoms with Gasteiger partial charge >= 0.3 is 5.97 Å². The number of rotatable bonds is 4. The van der Waals surface area contributed by atoms with Gasteiger partial charge in [0, 0.05) is 6.42 Å². The zero-order valence-corrected chi connectivity index (χ0v) is 13.7. The molecule has 21 heavy (non-hydrogen) atoms. The number of hydrogen-bond donors (Lipinski definition) is 2. The summed E-state index contributed by atoms with van der Waals surface area (Å²) in [6.45, 7) is 7.15. The molecule has 0 radical (unpaired) electrons. The molecule has 0 amide bonds. The predicted molar refractivity (Wildman–Crippen MR) is 81.2 cm³/mol. The first-order valence-electron chi connectivity index (χ1n) is 8.33. The summed E-state index contributed by atoms with van der Waals surface area (Å²) < 4.78 is 6.45. The zero-order chi connectivity index (χ0) is 15.5. The second kappa shape index (κ2) is 4.69. The van der Waals surface area contributed by atoms with Gasteiger partial charge in [-0.15, -0.1) is 0 Å². The van der Waals surface area contributed by atoms with Gasteiger partial charge in [-0.2, -0.15) is 0 Å². The molecule has 3 aliphatic rings. The first kappa shape index (κ1) is 15.3. The fourth-order valence-corrected chi connectivity index (χ4v) is 5.21. The van der Waals surface area contributed by atoms with Crippen LogP contribution < -0.4 is 5.32 Å². The molecule has 3 rings (SSSR count). The molecule has 0 spiro atoms. The van der Waals surface area contributed by atoms with Crippen LogP contribution in [0.1, 0.15) is 59.3 Å². The van der Waals surface area contributed by atoms with E-state index in [9.17, 15) is 9.90 Å². The van der Waals surface area contributed by atoms with Crippen LogP contribution in [-0.4, -0.2) is 35.9 Å². The quantitative estimate of drug-likeness (QED) is 0.837. The number of nitrogens with one attached hydrogen (secondary N) is 1. The molecule has 0 aromatic heterocycles. The average molecular weight is 295 g/mol. The predicted octanol–water partition coefficient (Wildman–Crippen LogP) is 2.81. The van der Waals surface area contributed by atoms with Crippen LogP contribution in [0.2, 0.25) is 0 Å². The standard InChI is InChI=1S/C17H29NO3/c1-15(2)11-5-7-16(15,3)13(9-11)21-12-6-8-17(10-12,18-4)14(19)20/h11-13,18H,5-10H2,1-4H3,(H,19,20). The van der Waals surface area contributed by atoms with Gasteiger partial charge in [0.2, 0.25) is 0 Å². The van der Waals surface area contributed by atoms with Gasteiger partial charge in [0.15, 0.2) is 0 Å². The van der Waals surface area contributed by atoms with Crippen LogP contribution in [0.5, 0.6) is 0 Å². The summed E-state index contributed by atoms with van der Waals surface area (Å²) in [6, 6.07) is 0. The van der Waals surface area contributed by atoms with Gasteiger partial charge in [0.05, 0.1) is 12.2 Å². The van der Waals surface area contributed by atoms with E-state index in [2.05, 4.69) is 26.1 Å². The Morgan fingerprint density at radius 1 is 1.24 bits per heavy atom. The van der Waals surface area contributed by atoms with Crippen LogP contribution in [0.4, 0.5) is 0 Å². The molecule has 0 aliphatic heterocycles. The minimum Gasteiger partial charge on any atom is -0.480 e. The number of fused-ring (bicyclic) bond motifs is 2. The van der Waals surface area contributed by atoms with Crippen molar-refractivity contribution in [3.05, 3.63) is 0 Å². The molecular formula is C17H29NO3. The summed E-state index contributed by atoms with van der Waals surface area (Å²) in [5, 5.41) is 12.5. The lowest BCUT2D eigenvalue weighted by atomic mass is 9.70. The van der Waals surface area contributed by atoms with E-state index in [-0.39, 0.29) is 11.5 Å². The molecule has 120 valence electrons. The number of carbonyl (C=O) groups is 1. The fourth-order valence-electron chi connectivity index (χ4n) is 5.21. The molecule has 3 aliphatic carbocycles. The first-order valence-corrected chi connectivity index (χ1v) is 8.33. The summed E-state index contributed by atoms with van der Waals surface area (Å²) in [5.41, 5.74) is -0.173. The van der Waals surface area contributed by atoms with Gasteiger partial charge in [-0.25, -0.2) is 0 Å². The Labute approximate surface area is 127 Å². The molecule has 2 bridgehead atoms. The topological polar surface area (TPSA) is 58.6 Å². The highest BCUT2D eigenvalue weighted by Gasteiger charge is 2.62. The largest absolute Gasteiger partial charge is 0.480 e. The summed E-state index contributed by atoms with van der Waals surface area (Å²) in [5.74, 6) is 0.0259. The van der Waals surface area contributed by atoms with Crippen molar-refractivity contribution in [1.29, 1.82) is 0 Å². The van der Waals surface area contributed by atoms with Crippen molar-refractivity contribution in [2.75, 3.05) is 7.05 Å². The van der Waals surface area contributed by atoms with Crippen molar-refractivity contribution < 1.29 is 14.6 Å². The minimum absolute atomic E-state index is 0.0884. The SMILES string of the molecule is CNC1(C(=O)O)CCC(OC2CC3CCC2(C)C3(C)C)C1. The van der Waals surface area contributed by atoms with Gasteiger partial charge in [-0.05, 0) is 55.9 Å². The van der Waals surface area contributed by atoms with E-state index < -0.39 is 11.5 Å². The monoisotopic (exact) mass is 295 g/mol. The third kappa shape index (κ3) is 1.98. The van der Waals surface area contributed by atoms with E-state index >= 15 is 0 Å². The van der Waals surface area contributed by atoms with Crippen molar-refractivity contribution >= 4 is 5.97 Å². The average Bonchev–Trinajstić information content (AvgIpc) is 2.99. The van der Waals surface area contributed by atoms with Gasteiger partial charge < -0.3 is 15.2 Å². The molecule has 5 unspecified atom stereocenters. The summed E-state index contributed by atoms with van der Waals surface area (Å²) in [4.78, 5) is 11.5. The van der Waals surface area contributed by atoms with E-state index in [1.54, 1.807) is 7.05 Å². The van der Waals surface area contributed by atoms with E-state index in [0.29, 0.717) is 24.4 Å². The second-order valence-corrected chi connectivity index (χ2v) is 8.24. The van der Waals surface area contributed by atoms with Crippen molar-refractivity contribution in [3.63, 3.8) is 0 Å².